The summed E-state index contributed by atoms with van der Waals surface area (Å²) in [4.78, 5) is 8.11. The summed E-state index contributed by atoms with van der Waals surface area (Å²) in [5, 5.41) is 2.98. The Labute approximate surface area is 74.1 Å². The van der Waals surface area contributed by atoms with Gasteiger partial charge in [-0.1, -0.05) is 0 Å². The lowest BCUT2D eigenvalue weighted by Gasteiger charge is -1.89. The Morgan fingerprint density at radius 2 is 2.50 bits per heavy atom. The molecular weight excluding hydrogens is 172 g/mol. The number of rotatable bonds is 3. The molecule has 0 fully saturated rings. The van der Waals surface area contributed by atoms with Gasteiger partial charge in [-0.2, -0.15) is 0 Å². The summed E-state index contributed by atoms with van der Waals surface area (Å²) < 4.78 is 4.84. The van der Waals surface area contributed by atoms with E-state index in [0.717, 1.165) is 17.1 Å². The molecule has 0 unspecified atom stereocenters. The number of hydrogen-bond acceptors (Lipinski definition) is 4. The van der Waals surface area contributed by atoms with E-state index in [2.05, 4.69) is 9.97 Å². The van der Waals surface area contributed by atoms with Crippen molar-refractivity contribution in [1.82, 2.24) is 9.97 Å². The van der Waals surface area contributed by atoms with E-state index in [-0.39, 0.29) is 0 Å². The predicted molar refractivity (Wildman–Crippen MR) is 45.7 cm³/mol. The fourth-order valence-corrected chi connectivity index (χ4v) is 1.43. The second-order valence-corrected chi connectivity index (χ2v) is 3.18. The second-order valence-electron chi connectivity index (χ2n) is 2.26. The molecular formula is C8H7N2OS. The maximum absolute atomic E-state index is 4.84. The molecule has 0 saturated carbocycles. The van der Waals surface area contributed by atoms with Crippen molar-refractivity contribution in [2.24, 2.45) is 0 Å². The highest BCUT2D eigenvalue weighted by molar-refractivity contribution is 7.09. The average Bonchev–Trinajstić information content (AvgIpc) is 2.74. The van der Waals surface area contributed by atoms with Crippen LogP contribution in [0.4, 0.5) is 0 Å². The van der Waals surface area contributed by atoms with E-state index in [1.165, 1.54) is 6.39 Å². The molecule has 4 heteroatoms. The zero-order valence-corrected chi connectivity index (χ0v) is 7.12. The van der Waals surface area contributed by atoms with Crippen LogP contribution in [0.3, 0.4) is 0 Å². The molecule has 0 spiro atoms. The number of nitrogens with zero attached hydrogens (tertiary/aromatic N) is 2. The summed E-state index contributed by atoms with van der Waals surface area (Å²) in [5.74, 6) is 0. The molecule has 12 heavy (non-hydrogen) atoms. The number of hydrogen-bond donors (Lipinski definition) is 0. The Morgan fingerprint density at radius 1 is 1.50 bits per heavy atom. The van der Waals surface area contributed by atoms with Crippen molar-refractivity contribution in [2.75, 3.05) is 0 Å². The molecule has 2 heterocycles. The van der Waals surface area contributed by atoms with Crippen LogP contribution >= 0.6 is 11.3 Å². The molecule has 0 N–H and O–H groups in total. The van der Waals surface area contributed by atoms with Crippen molar-refractivity contribution < 1.29 is 4.42 Å². The molecule has 2 rings (SSSR count). The molecule has 0 aliphatic rings. The first kappa shape index (κ1) is 7.49. The van der Waals surface area contributed by atoms with Crippen molar-refractivity contribution in [3.05, 3.63) is 41.4 Å². The van der Waals surface area contributed by atoms with Gasteiger partial charge in [0.25, 0.3) is 0 Å². The topological polar surface area (TPSA) is 38.9 Å². The molecule has 0 saturated heterocycles. The van der Waals surface area contributed by atoms with Gasteiger partial charge in [0.1, 0.15) is 6.26 Å². The van der Waals surface area contributed by atoms with E-state index in [4.69, 9.17) is 4.42 Å². The third-order valence-electron chi connectivity index (χ3n) is 1.42. The van der Waals surface area contributed by atoms with Crippen LogP contribution in [0.25, 0.3) is 0 Å². The summed E-state index contributed by atoms with van der Waals surface area (Å²) in [6.07, 6.45) is 7.68. The zero-order chi connectivity index (χ0) is 8.23. The van der Waals surface area contributed by atoms with Gasteiger partial charge in [-0.05, 0) is 0 Å². The zero-order valence-electron chi connectivity index (χ0n) is 6.30. The monoisotopic (exact) mass is 179 g/mol. The molecule has 0 atom stereocenters. The minimum Gasteiger partial charge on any atom is -0.451 e. The van der Waals surface area contributed by atoms with Gasteiger partial charge < -0.3 is 4.42 Å². The first-order chi connectivity index (χ1) is 5.95. The summed E-state index contributed by atoms with van der Waals surface area (Å²) in [5.41, 5.74) is 0.935. The van der Waals surface area contributed by atoms with Crippen LogP contribution in [-0.2, 0) is 6.42 Å². The Hall–Kier alpha value is -1.16. The second kappa shape index (κ2) is 3.49. The van der Waals surface area contributed by atoms with Crippen molar-refractivity contribution in [3.63, 3.8) is 0 Å². The van der Waals surface area contributed by atoms with Crippen LogP contribution in [0.2, 0.25) is 0 Å². The largest absolute Gasteiger partial charge is 0.451 e. The van der Waals surface area contributed by atoms with Gasteiger partial charge in [-0.3, -0.25) is 0 Å². The van der Waals surface area contributed by atoms with Gasteiger partial charge in [0.05, 0.1) is 10.7 Å². The minimum absolute atomic E-state index is 0.782. The first-order valence-electron chi connectivity index (χ1n) is 3.55. The maximum atomic E-state index is 4.84. The van der Waals surface area contributed by atoms with Gasteiger partial charge >= 0.3 is 0 Å². The third kappa shape index (κ3) is 1.71. The van der Waals surface area contributed by atoms with Gasteiger partial charge in [0, 0.05) is 24.4 Å². The van der Waals surface area contributed by atoms with Crippen LogP contribution in [0.5, 0.6) is 0 Å². The van der Waals surface area contributed by atoms with Crippen molar-refractivity contribution in [3.8, 4) is 0 Å². The SMILES string of the molecule is [CH](Cc1cocn1)c1nccs1. The highest BCUT2D eigenvalue weighted by Crippen LogP contribution is 2.09. The van der Waals surface area contributed by atoms with Crippen molar-refractivity contribution in [1.29, 1.82) is 0 Å². The van der Waals surface area contributed by atoms with Crippen LogP contribution in [0.15, 0.2) is 28.7 Å². The fourth-order valence-electron chi connectivity index (χ4n) is 0.866. The van der Waals surface area contributed by atoms with Crippen LogP contribution in [0, 0.1) is 6.42 Å². The maximum Gasteiger partial charge on any atom is 0.180 e. The lowest BCUT2D eigenvalue weighted by atomic mass is 10.3. The fraction of sp³-hybridized carbons (Fsp3) is 0.125. The van der Waals surface area contributed by atoms with E-state index < -0.39 is 0 Å². The van der Waals surface area contributed by atoms with E-state index in [9.17, 15) is 0 Å². The molecule has 0 aliphatic heterocycles. The highest BCUT2D eigenvalue weighted by atomic mass is 32.1. The standard InChI is InChI=1S/C8H7N2OS/c1(7-5-11-6-10-7)2-8-9-3-4-12-8/h2-6H,1H2. The Kier molecular flexibility index (Phi) is 2.18. The summed E-state index contributed by atoms with van der Waals surface area (Å²) in [6.45, 7) is 0. The first-order valence-corrected chi connectivity index (χ1v) is 4.43. The van der Waals surface area contributed by atoms with Gasteiger partial charge in [-0.15, -0.1) is 11.3 Å². The van der Waals surface area contributed by atoms with Crippen molar-refractivity contribution in [2.45, 2.75) is 6.42 Å². The molecule has 0 aliphatic carbocycles. The predicted octanol–water partition coefficient (Wildman–Crippen LogP) is 1.93. The minimum atomic E-state index is 0.782. The normalized spacial score (nSPS) is 10.3. The lowest BCUT2D eigenvalue weighted by Crippen LogP contribution is -1.86. The summed E-state index contributed by atoms with van der Waals surface area (Å²) in [6, 6.07) is 0. The van der Waals surface area contributed by atoms with Crippen LogP contribution < -0.4 is 0 Å². The van der Waals surface area contributed by atoms with E-state index in [1.807, 2.05) is 11.8 Å². The van der Waals surface area contributed by atoms with E-state index >= 15 is 0 Å². The molecule has 3 nitrogen and oxygen atoms in total. The lowest BCUT2D eigenvalue weighted by molar-refractivity contribution is 0.556. The summed E-state index contributed by atoms with van der Waals surface area (Å²) in [7, 11) is 0. The van der Waals surface area contributed by atoms with E-state index in [1.54, 1.807) is 23.8 Å². The Balaban J connectivity index is 1.91. The summed E-state index contributed by atoms with van der Waals surface area (Å²) >= 11 is 1.62. The number of thiazole rings is 1. The third-order valence-corrected chi connectivity index (χ3v) is 2.19. The van der Waals surface area contributed by atoms with Crippen LogP contribution in [0.1, 0.15) is 10.7 Å². The van der Waals surface area contributed by atoms with Gasteiger partial charge in [-0.25, -0.2) is 9.97 Å². The molecule has 0 aromatic carbocycles. The average molecular weight is 179 g/mol. The van der Waals surface area contributed by atoms with Gasteiger partial charge in [0.15, 0.2) is 6.39 Å². The van der Waals surface area contributed by atoms with Crippen molar-refractivity contribution >= 4 is 11.3 Å². The van der Waals surface area contributed by atoms with Gasteiger partial charge in [0.2, 0.25) is 0 Å². The molecule has 61 valence electrons. The smallest absolute Gasteiger partial charge is 0.180 e. The molecule has 0 amide bonds. The highest BCUT2D eigenvalue weighted by Gasteiger charge is 1.99. The van der Waals surface area contributed by atoms with E-state index in [0.29, 0.717) is 0 Å². The molecule has 1 radical (unpaired) electrons. The molecule has 2 aromatic heterocycles. The number of oxazole rings is 1. The van der Waals surface area contributed by atoms with Crippen LogP contribution in [-0.4, -0.2) is 9.97 Å². The quantitative estimate of drug-likeness (QED) is 0.722. The molecule has 2 aromatic rings. The molecule has 0 bridgehead atoms. The number of aromatic nitrogens is 2. The Morgan fingerprint density at radius 3 is 3.17 bits per heavy atom. The Bertz CT molecular complexity index is 280.